The zero-order valence-electron chi connectivity index (χ0n) is 25.4. The number of epoxide rings is 2. The Morgan fingerprint density at radius 3 is 1.32 bits per heavy atom. The Balaban J connectivity index is 1.22. The SMILES string of the molecule is CC(C)(CC(O)COc1ccc(C(C)(C)c2ccc(OCC(O)CC(C)(C)OCC3CO3)cc2)cc1)OCC1CO1. The number of hydrogen-bond acceptors (Lipinski definition) is 8. The molecule has 4 unspecified atom stereocenters. The van der Waals surface area contributed by atoms with Gasteiger partial charge in [-0.2, -0.15) is 0 Å². The largest absolute Gasteiger partial charge is 0.491 e. The summed E-state index contributed by atoms with van der Waals surface area (Å²) in [6.45, 7) is 15.3. The molecule has 41 heavy (non-hydrogen) atoms. The first-order chi connectivity index (χ1) is 19.3. The van der Waals surface area contributed by atoms with E-state index in [0.717, 1.165) is 24.3 Å². The normalized spacial score (nSPS) is 20.4. The van der Waals surface area contributed by atoms with Crippen LogP contribution in [0.4, 0.5) is 0 Å². The molecule has 2 aliphatic heterocycles. The van der Waals surface area contributed by atoms with Gasteiger partial charge in [0, 0.05) is 18.3 Å². The minimum absolute atomic E-state index is 0.200. The van der Waals surface area contributed by atoms with Crippen LogP contribution in [0.15, 0.2) is 48.5 Å². The Hall–Kier alpha value is -2.20. The summed E-state index contributed by atoms with van der Waals surface area (Å²) in [6, 6.07) is 16.0. The zero-order valence-corrected chi connectivity index (χ0v) is 25.4. The van der Waals surface area contributed by atoms with Crippen molar-refractivity contribution in [2.45, 2.75) is 95.4 Å². The second kappa shape index (κ2) is 13.4. The van der Waals surface area contributed by atoms with E-state index in [-0.39, 0.29) is 30.8 Å². The van der Waals surface area contributed by atoms with E-state index in [1.807, 2.05) is 52.0 Å². The van der Waals surface area contributed by atoms with Crippen molar-refractivity contribution in [3.8, 4) is 11.5 Å². The fourth-order valence-electron chi connectivity index (χ4n) is 4.82. The maximum absolute atomic E-state index is 10.5. The molecule has 228 valence electrons. The van der Waals surface area contributed by atoms with E-state index < -0.39 is 23.4 Å². The maximum Gasteiger partial charge on any atom is 0.119 e. The highest BCUT2D eigenvalue weighted by Crippen LogP contribution is 2.33. The second-order valence-corrected chi connectivity index (χ2v) is 13.1. The monoisotopic (exact) mass is 572 g/mol. The Bertz CT molecular complexity index is 986. The van der Waals surface area contributed by atoms with E-state index in [9.17, 15) is 10.2 Å². The summed E-state index contributed by atoms with van der Waals surface area (Å²) in [5, 5.41) is 20.9. The van der Waals surface area contributed by atoms with Gasteiger partial charge in [0.05, 0.1) is 49.8 Å². The molecule has 0 amide bonds. The van der Waals surface area contributed by atoms with Crippen LogP contribution in [0.2, 0.25) is 0 Å². The fourth-order valence-corrected chi connectivity index (χ4v) is 4.82. The van der Waals surface area contributed by atoms with Gasteiger partial charge in [-0.3, -0.25) is 0 Å². The van der Waals surface area contributed by atoms with Gasteiger partial charge in [-0.1, -0.05) is 38.1 Å². The summed E-state index contributed by atoms with van der Waals surface area (Å²) in [6.07, 6.45) is 0.0906. The molecule has 0 aliphatic carbocycles. The van der Waals surface area contributed by atoms with E-state index in [2.05, 4.69) is 38.1 Å². The van der Waals surface area contributed by atoms with Crippen LogP contribution in [0, 0.1) is 0 Å². The van der Waals surface area contributed by atoms with Gasteiger partial charge in [0.2, 0.25) is 0 Å². The molecule has 0 bridgehead atoms. The third kappa shape index (κ3) is 10.5. The molecule has 4 atom stereocenters. The smallest absolute Gasteiger partial charge is 0.119 e. The van der Waals surface area contributed by atoms with Crippen molar-refractivity contribution in [3.63, 3.8) is 0 Å². The average molecular weight is 573 g/mol. The molecule has 2 fully saturated rings. The minimum Gasteiger partial charge on any atom is -0.491 e. The standard InChI is InChI=1S/C33H48O8/c1-31(2,40-21-29-19-38-29)15-25(34)17-36-27-11-7-23(8-12-27)33(5,6)24-9-13-28(14-10-24)37-18-26(35)16-32(3,4)41-22-30-20-39-30/h7-14,25-26,29-30,34-35H,15-22H2,1-6H3. The van der Waals surface area contributed by atoms with Crippen LogP contribution in [-0.4, -0.2) is 85.5 Å². The van der Waals surface area contributed by atoms with E-state index in [1.165, 1.54) is 0 Å². The topological polar surface area (TPSA) is 102 Å². The number of rotatable bonds is 18. The Morgan fingerprint density at radius 1 is 0.659 bits per heavy atom. The lowest BCUT2D eigenvalue weighted by Crippen LogP contribution is -2.34. The summed E-state index contributed by atoms with van der Waals surface area (Å²) < 4.78 is 33.8. The number of benzene rings is 2. The molecule has 0 aromatic heterocycles. The van der Waals surface area contributed by atoms with Crippen molar-refractivity contribution in [2.24, 2.45) is 0 Å². The second-order valence-electron chi connectivity index (χ2n) is 13.1. The van der Waals surface area contributed by atoms with E-state index in [4.69, 9.17) is 28.4 Å². The Morgan fingerprint density at radius 2 is 1.00 bits per heavy atom. The highest BCUT2D eigenvalue weighted by molar-refractivity contribution is 5.41. The van der Waals surface area contributed by atoms with Gasteiger partial charge in [-0.25, -0.2) is 0 Å². The molecule has 2 saturated heterocycles. The van der Waals surface area contributed by atoms with Crippen LogP contribution in [0.1, 0.15) is 65.5 Å². The number of hydrogen-bond donors (Lipinski definition) is 2. The predicted molar refractivity (Wildman–Crippen MR) is 157 cm³/mol. The molecule has 2 aliphatic rings. The van der Waals surface area contributed by atoms with E-state index in [1.54, 1.807) is 0 Å². The molecule has 2 N–H and O–H groups in total. The molecule has 0 saturated carbocycles. The Kier molecular flexibility index (Phi) is 10.4. The van der Waals surface area contributed by atoms with Gasteiger partial charge in [0.1, 0.15) is 36.9 Å². The fraction of sp³-hybridized carbons (Fsp3) is 0.636. The van der Waals surface area contributed by atoms with Crippen molar-refractivity contribution in [2.75, 3.05) is 39.6 Å². The van der Waals surface area contributed by atoms with Gasteiger partial charge < -0.3 is 38.6 Å². The quantitative estimate of drug-likeness (QED) is 0.249. The molecule has 2 aromatic rings. The summed E-state index contributed by atoms with van der Waals surface area (Å²) in [4.78, 5) is 0. The third-order valence-electron chi connectivity index (χ3n) is 7.62. The van der Waals surface area contributed by atoms with Gasteiger partial charge >= 0.3 is 0 Å². The van der Waals surface area contributed by atoms with Crippen LogP contribution in [0.3, 0.4) is 0 Å². The summed E-state index contributed by atoms with van der Waals surface area (Å²) in [7, 11) is 0. The first kappa shape index (κ1) is 31.7. The Labute approximate surface area is 244 Å². The molecular weight excluding hydrogens is 524 g/mol. The van der Waals surface area contributed by atoms with Crippen molar-refractivity contribution in [1.29, 1.82) is 0 Å². The molecule has 8 heteroatoms. The lowest BCUT2D eigenvalue weighted by molar-refractivity contribution is -0.0606. The minimum atomic E-state index is -0.634. The van der Waals surface area contributed by atoms with Crippen molar-refractivity contribution in [3.05, 3.63) is 59.7 Å². The van der Waals surface area contributed by atoms with Gasteiger partial charge in [-0.15, -0.1) is 0 Å². The molecular formula is C33H48O8. The van der Waals surface area contributed by atoms with Gasteiger partial charge in [0.25, 0.3) is 0 Å². The maximum atomic E-state index is 10.5. The molecule has 0 spiro atoms. The zero-order chi connectivity index (χ0) is 29.7. The lowest BCUT2D eigenvalue weighted by atomic mass is 9.78. The van der Waals surface area contributed by atoms with Crippen LogP contribution in [-0.2, 0) is 24.4 Å². The summed E-state index contributed by atoms with van der Waals surface area (Å²) in [5.41, 5.74) is 1.16. The first-order valence-corrected chi connectivity index (χ1v) is 14.7. The van der Waals surface area contributed by atoms with Crippen molar-refractivity contribution < 1.29 is 38.6 Å². The van der Waals surface area contributed by atoms with Crippen molar-refractivity contribution >= 4 is 0 Å². The van der Waals surface area contributed by atoms with Crippen LogP contribution < -0.4 is 9.47 Å². The van der Waals surface area contributed by atoms with Crippen LogP contribution in [0.5, 0.6) is 11.5 Å². The highest BCUT2D eigenvalue weighted by Gasteiger charge is 2.30. The molecule has 0 radical (unpaired) electrons. The average Bonchev–Trinajstić information content (AvgIpc) is 3.84. The molecule has 2 heterocycles. The van der Waals surface area contributed by atoms with Gasteiger partial charge in [-0.05, 0) is 63.1 Å². The number of aliphatic hydroxyl groups excluding tert-OH is 2. The van der Waals surface area contributed by atoms with E-state index in [0.29, 0.717) is 37.6 Å². The van der Waals surface area contributed by atoms with Gasteiger partial charge in [0.15, 0.2) is 0 Å². The third-order valence-corrected chi connectivity index (χ3v) is 7.62. The number of ether oxygens (including phenoxy) is 6. The van der Waals surface area contributed by atoms with Crippen molar-refractivity contribution in [1.82, 2.24) is 0 Å². The highest BCUT2D eigenvalue weighted by atomic mass is 16.6. The molecule has 4 rings (SSSR count). The van der Waals surface area contributed by atoms with E-state index >= 15 is 0 Å². The number of aliphatic hydroxyl groups is 2. The lowest BCUT2D eigenvalue weighted by Gasteiger charge is -2.28. The summed E-state index contributed by atoms with van der Waals surface area (Å²) >= 11 is 0. The predicted octanol–water partition coefficient (Wildman–Crippen LogP) is 4.66. The first-order valence-electron chi connectivity index (χ1n) is 14.7. The molecule has 2 aromatic carbocycles. The summed E-state index contributed by atoms with van der Waals surface area (Å²) in [5.74, 6) is 1.43. The van der Waals surface area contributed by atoms with Crippen LogP contribution in [0.25, 0.3) is 0 Å². The molecule has 8 nitrogen and oxygen atoms in total. The van der Waals surface area contributed by atoms with Crippen LogP contribution >= 0.6 is 0 Å².